The molecule has 2 N–H and O–H groups in total. The Labute approximate surface area is 174 Å². The Bertz CT molecular complexity index is 933. The van der Waals surface area contributed by atoms with Gasteiger partial charge in [-0.05, 0) is 48.5 Å². The number of hydrogen-bond acceptors (Lipinski definition) is 4. The number of carbonyl (C=O) groups is 1. The zero-order valence-electron chi connectivity index (χ0n) is 15.9. The van der Waals surface area contributed by atoms with Gasteiger partial charge in [-0.15, -0.1) is 0 Å². The first-order valence-corrected chi connectivity index (χ1v) is 9.34. The average Bonchev–Trinajstić information content (AvgIpc) is 2.72. The van der Waals surface area contributed by atoms with E-state index in [1.54, 1.807) is 49.6 Å². The zero-order valence-corrected chi connectivity index (χ0v) is 16.6. The number of hydrogen-bond donors (Lipinski definition) is 2. The van der Waals surface area contributed by atoms with Gasteiger partial charge in [-0.1, -0.05) is 29.8 Å². The molecule has 3 aromatic carbocycles. The molecule has 0 aliphatic carbocycles. The molecule has 0 heterocycles. The van der Waals surface area contributed by atoms with Crippen LogP contribution in [0.5, 0.6) is 17.2 Å². The third kappa shape index (κ3) is 6.41. The number of carbonyl (C=O) groups excluding carboxylic acids is 1. The lowest BCUT2D eigenvalue weighted by molar-refractivity contribution is 0.144. The summed E-state index contributed by atoms with van der Waals surface area (Å²) >= 11 is 5.86. The Balaban J connectivity index is 1.71. The Kier molecular flexibility index (Phi) is 7.33. The number of benzene rings is 3. The normalized spacial score (nSPS) is 10.3. The van der Waals surface area contributed by atoms with Gasteiger partial charge in [0, 0.05) is 29.6 Å². The Morgan fingerprint density at radius 2 is 1.55 bits per heavy atom. The number of nitrogens with one attached hydrogen (secondary N) is 2. The van der Waals surface area contributed by atoms with Crippen LogP contribution < -0.4 is 20.1 Å². The first kappa shape index (κ1) is 20.5. The molecule has 0 saturated heterocycles. The molecular weight excluding hydrogens is 392 g/mol. The van der Waals surface area contributed by atoms with E-state index in [1.165, 1.54) is 0 Å². The molecule has 0 bridgehead atoms. The molecule has 150 valence electrons. The van der Waals surface area contributed by atoms with E-state index in [2.05, 4.69) is 10.6 Å². The molecule has 7 heteroatoms. The highest BCUT2D eigenvalue weighted by Gasteiger charge is 2.10. The fraction of sp³-hybridized carbons (Fsp3) is 0.136. The summed E-state index contributed by atoms with van der Waals surface area (Å²) in [7, 11) is 1.60. The van der Waals surface area contributed by atoms with Gasteiger partial charge in [-0.3, -0.25) is 0 Å². The summed E-state index contributed by atoms with van der Waals surface area (Å²) in [6, 6.07) is 21.0. The predicted molar refractivity (Wildman–Crippen MR) is 114 cm³/mol. The van der Waals surface area contributed by atoms with E-state index in [-0.39, 0.29) is 6.03 Å². The summed E-state index contributed by atoms with van der Waals surface area (Å²) in [5.41, 5.74) is 1.19. The summed E-state index contributed by atoms with van der Waals surface area (Å²) in [5, 5.41) is 6.12. The van der Waals surface area contributed by atoms with Gasteiger partial charge in [0.1, 0.15) is 12.4 Å². The van der Waals surface area contributed by atoms with Gasteiger partial charge < -0.3 is 24.8 Å². The van der Waals surface area contributed by atoms with Crippen LogP contribution in [0.1, 0.15) is 0 Å². The van der Waals surface area contributed by atoms with Crippen molar-refractivity contribution in [2.75, 3.05) is 31.0 Å². The predicted octanol–water partition coefficient (Wildman–Crippen LogP) is 5.80. The third-order valence-electron chi connectivity index (χ3n) is 3.82. The van der Waals surface area contributed by atoms with E-state index in [1.807, 2.05) is 30.3 Å². The molecule has 6 nitrogen and oxygen atoms in total. The molecule has 0 saturated carbocycles. The minimum absolute atomic E-state index is 0.349. The fourth-order valence-electron chi connectivity index (χ4n) is 2.46. The summed E-state index contributed by atoms with van der Waals surface area (Å²) in [4.78, 5) is 12.3. The van der Waals surface area contributed by atoms with Gasteiger partial charge in [0.25, 0.3) is 0 Å². The Morgan fingerprint density at radius 1 is 0.862 bits per heavy atom. The van der Waals surface area contributed by atoms with Crippen molar-refractivity contribution in [2.45, 2.75) is 0 Å². The SMILES string of the molecule is COCCOc1cc(NC(=O)Nc2ccc(Cl)cc2)ccc1Oc1ccccc1. The average molecular weight is 413 g/mol. The number of rotatable bonds is 8. The molecule has 3 rings (SSSR count). The van der Waals surface area contributed by atoms with Gasteiger partial charge in [0.05, 0.1) is 6.61 Å². The topological polar surface area (TPSA) is 68.8 Å². The molecule has 0 aliphatic heterocycles. The van der Waals surface area contributed by atoms with Crippen molar-refractivity contribution in [3.05, 3.63) is 77.8 Å². The van der Waals surface area contributed by atoms with E-state index in [4.69, 9.17) is 25.8 Å². The van der Waals surface area contributed by atoms with Crippen LogP contribution in [0, 0.1) is 0 Å². The highest BCUT2D eigenvalue weighted by atomic mass is 35.5. The lowest BCUT2D eigenvalue weighted by atomic mass is 10.2. The summed E-state index contributed by atoms with van der Waals surface area (Å²) in [6.07, 6.45) is 0. The van der Waals surface area contributed by atoms with E-state index >= 15 is 0 Å². The molecule has 0 atom stereocenters. The van der Waals surface area contributed by atoms with E-state index < -0.39 is 0 Å². The molecule has 3 aromatic rings. The van der Waals surface area contributed by atoms with E-state index in [0.29, 0.717) is 46.9 Å². The monoisotopic (exact) mass is 412 g/mol. The summed E-state index contributed by atoms with van der Waals surface area (Å²) < 4.78 is 16.7. The lowest BCUT2D eigenvalue weighted by Crippen LogP contribution is -2.19. The highest BCUT2D eigenvalue weighted by molar-refractivity contribution is 6.30. The smallest absolute Gasteiger partial charge is 0.323 e. The van der Waals surface area contributed by atoms with Crippen LogP contribution in [-0.4, -0.2) is 26.4 Å². The van der Waals surface area contributed by atoms with Crippen LogP contribution >= 0.6 is 11.6 Å². The summed E-state index contributed by atoms with van der Waals surface area (Å²) in [6.45, 7) is 0.779. The van der Waals surface area contributed by atoms with Crippen molar-refractivity contribution in [2.24, 2.45) is 0 Å². The number of methoxy groups -OCH3 is 1. The van der Waals surface area contributed by atoms with Crippen LogP contribution in [0.2, 0.25) is 5.02 Å². The first-order chi connectivity index (χ1) is 14.1. The van der Waals surface area contributed by atoms with E-state index in [0.717, 1.165) is 0 Å². The quantitative estimate of drug-likeness (QED) is 0.458. The van der Waals surface area contributed by atoms with Crippen LogP contribution in [0.4, 0.5) is 16.2 Å². The van der Waals surface area contributed by atoms with Crippen molar-refractivity contribution in [3.8, 4) is 17.2 Å². The van der Waals surface area contributed by atoms with Crippen LogP contribution in [0.25, 0.3) is 0 Å². The minimum atomic E-state index is -0.383. The standard InChI is InChI=1S/C22H21ClN2O4/c1-27-13-14-28-21-15-18(11-12-20(21)29-19-5-3-2-4-6-19)25-22(26)24-17-9-7-16(23)8-10-17/h2-12,15H,13-14H2,1H3,(H2,24,25,26). The number of para-hydroxylation sites is 1. The molecule has 0 fully saturated rings. The number of amides is 2. The third-order valence-corrected chi connectivity index (χ3v) is 4.07. The molecule has 0 radical (unpaired) electrons. The number of urea groups is 1. The van der Waals surface area contributed by atoms with E-state index in [9.17, 15) is 4.79 Å². The second kappa shape index (κ2) is 10.4. The van der Waals surface area contributed by atoms with Crippen LogP contribution in [0.15, 0.2) is 72.8 Å². The maximum absolute atomic E-state index is 12.3. The number of halogens is 1. The van der Waals surface area contributed by atoms with Gasteiger partial charge in [-0.2, -0.15) is 0 Å². The largest absolute Gasteiger partial charge is 0.487 e. The molecule has 0 aliphatic rings. The fourth-order valence-corrected chi connectivity index (χ4v) is 2.59. The van der Waals surface area contributed by atoms with Crippen molar-refractivity contribution in [1.82, 2.24) is 0 Å². The number of ether oxygens (including phenoxy) is 3. The first-order valence-electron chi connectivity index (χ1n) is 8.96. The maximum Gasteiger partial charge on any atom is 0.323 e. The van der Waals surface area contributed by atoms with Gasteiger partial charge in [0.15, 0.2) is 11.5 Å². The Morgan fingerprint density at radius 3 is 2.28 bits per heavy atom. The lowest BCUT2D eigenvalue weighted by Gasteiger charge is -2.15. The second-order valence-electron chi connectivity index (χ2n) is 6.00. The Hall–Kier alpha value is -3.22. The molecular formula is C22H21ClN2O4. The van der Waals surface area contributed by atoms with Crippen molar-refractivity contribution in [3.63, 3.8) is 0 Å². The molecule has 0 unspecified atom stereocenters. The molecule has 2 amide bonds. The summed E-state index contributed by atoms with van der Waals surface area (Å²) in [5.74, 6) is 1.72. The highest BCUT2D eigenvalue weighted by Crippen LogP contribution is 2.34. The van der Waals surface area contributed by atoms with Gasteiger partial charge >= 0.3 is 6.03 Å². The van der Waals surface area contributed by atoms with Crippen molar-refractivity contribution < 1.29 is 19.0 Å². The molecule has 29 heavy (non-hydrogen) atoms. The molecule has 0 aromatic heterocycles. The van der Waals surface area contributed by atoms with Crippen molar-refractivity contribution in [1.29, 1.82) is 0 Å². The maximum atomic E-state index is 12.3. The molecule has 0 spiro atoms. The zero-order chi connectivity index (χ0) is 20.5. The van der Waals surface area contributed by atoms with Crippen LogP contribution in [0.3, 0.4) is 0 Å². The van der Waals surface area contributed by atoms with Gasteiger partial charge in [-0.25, -0.2) is 4.79 Å². The van der Waals surface area contributed by atoms with Crippen molar-refractivity contribution >= 4 is 29.0 Å². The number of anilines is 2. The second-order valence-corrected chi connectivity index (χ2v) is 6.44. The van der Waals surface area contributed by atoms with Gasteiger partial charge in [0.2, 0.25) is 0 Å². The van der Waals surface area contributed by atoms with Crippen LogP contribution in [-0.2, 0) is 4.74 Å². The minimum Gasteiger partial charge on any atom is -0.487 e.